The second-order valence-electron chi connectivity index (χ2n) is 5.65. The minimum atomic E-state index is -0.279. The van der Waals surface area contributed by atoms with Crippen molar-refractivity contribution < 1.29 is 14.3 Å². The number of carbonyl (C=O) groups excluding carboxylic acids is 2. The van der Waals surface area contributed by atoms with Gasteiger partial charge in [-0.05, 0) is 6.08 Å². The van der Waals surface area contributed by atoms with Crippen LogP contribution in [-0.4, -0.2) is 64.4 Å². The molecule has 1 N–H and O–H groups in total. The second kappa shape index (κ2) is 8.99. The summed E-state index contributed by atoms with van der Waals surface area (Å²) in [6.07, 6.45) is 4.61. The Hall–Kier alpha value is -2.14. The van der Waals surface area contributed by atoms with Crippen molar-refractivity contribution in [1.29, 1.82) is 0 Å². The Morgan fingerprint density at radius 2 is 2.04 bits per heavy atom. The molecule has 8 nitrogen and oxygen atoms in total. The molecule has 1 amide bonds. The molecule has 0 spiro atoms. The fourth-order valence-electron chi connectivity index (χ4n) is 2.49. The number of anilines is 1. The summed E-state index contributed by atoms with van der Waals surface area (Å²) in [4.78, 5) is 36.8. The van der Waals surface area contributed by atoms with E-state index in [9.17, 15) is 9.59 Å². The molecule has 26 heavy (non-hydrogen) atoms. The summed E-state index contributed by atoms with van der Waals surface area (Å²) in [5.74, 6) is -0.539. The minimum Gasteiger partial charge on any atom is -0.397 e. The van der Waals surface area contributed by atoms with Crippen molar-refractivity contribution in [3.63, 3.8) is 0 Å². The van der Waals surface area contributed by atoms with Crippen molar-refractivity contribution in [2.24, 2.45) is 0 Å². The number of ether oxygens (including phenoxy) is 1. The van der Waals surface area contributed by atoms with Crippen molar-refractivity contribution in [3.05, 3.63) is 35.3 Å². The first-order valence-electron chi connectivity index (χ1n) is 8.05. The molecule has 2 aromatic rings. The average Bonchev–Trinajstić information content (AvgIpc) is 3.28. The van der Waals surface area contributed by atoms with E-state index in [1.807, 2.05) is 0 Å². The molecule has 0 atom stereocenters. The number of nitrogens with one attached hydrogen (secondary N) is 1. The molecule has 0 saturated carbocycles. The first-order chi connectivity index (χ1) is 12.6. The van der Waals surface area contributed by atoms with E-state index in [2.05, 4.69) is 31.7 Å². The highest BCUT2D eigenvalue weighted by Crippen LogP contribution is 2.20. The molecule has 0 aliphatic carbocycles. The Labute approximate surface area is 159 Å². The highest BCUT2D eigenvalue weighted by molar-refractivity contribution is 7.15. The van der Waals surface area contributed by atoms with Gasteiger partial charge in [0.05, 0.1) is 6.54 Å². The molecule has 0 bridgehead atoms. The summed E-state index contributed by atoms with van der Waals surface area (Å²) in [5, 5.41) is 5.40. The van der Waals surface area contributed by atoms with Crippen LogP contribution in [0.3, 0.4) is 0 Å². The van der Waals surface area contributed by atoms with Gasteiger partial charge in [-0.1, -0.05) is 17.9 Å². The normalized spacial score (nSPS) is 15.5. The molecule has 1 aliphatic heterocycles. The van der Waals surface area contributed by atoms with Crippen molar-refractivity contribution in [3.8, 4) is 5.19 Å². The van der Waals surface area contributed by atoms with Crippen LogP contribution in [0.5, 0.6) is 5.19 Å². The third-order valence-corrected chi connectivity index (χ3v) is 5.32. The predicted octanol–water partition coefficient (Wildman–Crippen LogP) is 1.45. The number of rotatable bonds is 7. The standard InChI is InChI=1S/C16H19N5O3S2/c1-2-13(22)19-15-18-9-12(26-15)10-20-4-6-21(7-5-20)11-14(23)24-16-17-3-8-25-16/h2-3,8-9H,1,4-7,10-11H2,(H,18,19,22). The number of aromatic nitrogens is 2. The third kappa shape index (κ3) is 5.43. The number of nitrogens with zero attached hydrogens (tertiary/aromatic N) is 4. The number of hydrogen-bond donors (Lipinski definition) is 1. The number of esters is 1. The largest absolute Gasteiger partial charge is 0.397 e. The lowest BCUT2D eigenvalue weighted by molar-refractivity contribution is -0.136. The molecule has 138 valence electrons. The summed E-state index contributed by atoms with van der Waals surface area (Å²) < 4.78 is 5.19. The fraction of sp³-hybridized carbons (Fsp3) is 0.375. The van der Waals surface area contributed by atoms with Crippen molar-refractivity contribution in [2.45, 2.75) is 6.54 Å². The number of thiazole rings is 2. The lowest BCUT2D eigenvalue weighted by atomic mass is 10.3. The van der Waals surface area contributed by atoms with Gasteiger partial charge in [0.15, 0.2) is 5.13 Å². The van der Waals surface area contributed by atoms with E-state index in [0.29, 0.717) is 10.3 Å². The molecular weight excluding hydrogens is 374 g/mol. The van der Waals surface area contributed by atoms with Crippen LogP contribution in [0.25, 0.3) is 0 Å². The van der Waals surface area contributed by atoms with Gasteiger partial charge in [-0.2, -0.15) is 0 Å². The van der Waals surface area contributed by atoms with Gasteiger partial charge in [0.1, 0.15) is 0 Å². The molecule has 0 radical (unpaired) electrons. The van der Waals surface area contributed by atoms with Crippen LogP contribution in [0.1, 0.15) is 4.88 Å². The summed E-state index contributed by atoms with van der Waals surface area (Å²) in [6.45, 7) is 7.78. The molecule has 2 aromatic heterocycles. The van der Waals surface area contributed by atoms with Crippen LogP contribution in [0.2, 0.25) is 0 Å². The predicted molar refractivity (Wildman–Crippen MR) is 100 cm³/mol. The maximum absolute atomic E-state index is 11.9. The number of carbonyl (C=O) groups is 2. The third-order valence-electron chi connectivity index (χ3n) is 3.78. The SMILES string of the molecule is C=CC(=O)Nc1ncc(CN2CCN(CC(=O)Oc3nccs3)CC2)s1. The van der Waals surface area contributed by atoms with Gasteiger partial charge >= 0.3 is 5.97 Å². The summed E-state index contributed by atoms with van der Waals surface area (Å²) in [5.41, 5.74) is 0. The Kier molecular flexibility index (Phi) is 6.45. The first kappa shape index (κ1) is 18.6. The van der Waals surface area contributed by atoms with Crippen molar-refractivity contribution >= 4 is 39.7 Å². The van der Waals surface area contributed by atoms with E-state index < -0.39 is 0 Å². The highest BCUT2D eigenvalue weighted by atomic mass is 32.1. The fourth-order valence-corrected chi connectivity index (χ4v) is 3.85. The number of hydrogen-bond acceptors (Lipinski definition) is 9. The van der Waals surface area contributed by atoms with Crippen molar-refractivity contribution in [2.75, 3.05) is 38.0 Å². The van der Waals surface area contributed by atoms with Crippen LogP contribution >= 0.6 is 22.7 Å². The molecule has 1 aliphatic rings. The molecule has 0 aromatic carbocycles. The van der Waals surface area contributed by atoms with E-state index in [1.165, 1.54) is 28.7 Å². The zero-order chi connectivity index (χ0) is 18.4. The van der Waals surface area contributed by atoms with Gasteiger partial charge in [0, 0.05) is 55.4 Å². The second-order valence-corrected chi connectivity index (χ2v) is 7.62. The summed E-state index contributed by atoms with van der Waals surface area (Å²) in [7, 11) is 0. The van der Waals surface area contributed by atoms with E-state index in [1.54, 1.807) is 17.8 Å². The lowest BCUT2D eigenvalue weighted by Gasteiger charge is -2.33. The number of piperazine rings is 1. The van der Waals surface area contributed by atoms with E-state index in [-0.39, 0.29) is 18.4 Å². The smallest absolute Gasteiger partial charge is 0.327 e. The van der Waals surface area contributed by atoms with E-state index >= 15 is 0 Å². The Balaban J connectivity index is 1.40. The monoisotopic (exact) mass is 393 g/mol. The van der Waals surface area contributed by atoms with Gasteiger partial charge in [0.2, 0.25) is 5.91 Å². The van der Waals surface area contributed by atoms with Gasteiger partial charge in [0.25, 0.3) is 5.19 Å². The number of amides is 1. The maximum atomic E-state index is 11.9. The Morgan fingerprint density at radius 3 is 2.73 bits per heavy atom. The lowest BCUT2D eigenvalue weighted by Crippen LogP contribution is -2.47. The van der Waals surface area contributed by atoms with Crippen LogP contribution in [0, 0.1) is 0 Å². The molecule has 1 fully saturated rings. The van der Waals surface area contributed by atoms with Gasteiger partial charge in [-0.15, -0.1) is 11.3 Å². The van der Waals surface area contributed by atoms with E-state index in [4.69, 9.17) is 4.74 Å². The zero-order valence-electron chi connectivity index (χ0n) is 14.1. The molecule has 0 unspecified atom stereocenters. The summed E-state index contributed by atoms with van der Waals surface area (Å²) >= 11 is 2.76. The van der Waals surface area contributed by atoms with Crippen LogP contribution in [-0.2, 0) is 16.1 Å². The van der Waals surface area contributed by atoms with Gasteiger partial charge in [-0.3, -0.25) is 24.7 Å². The van der Waals surface area contributed by atoms with Crippen LogP contribution < -0.4 is 10.1 Å². The topological polar surface area (TPSA) is 87.7 Å². The van der Waals surface area contributed by atoms with Gasteiger partial charge in [-0.25, -0.2) is 9.97 Å². The van der Waals surface area contributed by atoms with E-state index in [0.717, 1.165) is 37.6 Å². The average molecular weight is 393 g/mol. The van der Waals surface area contributed by atoms with Crippen LogP contribution in [0.4, 0.5) is 5.13 Å². The van der Waals surface area contributed by atoms with Gasteiger partial charge < -0.3 is 4.74 Å². The minimum absolute atomic E-state index is 0.260. The maximum Gasteiger partial charge on any atom is 0.327 e. The first-order valence-corrected chi connectivity index (χ1v) is 9.75. The molecular formula is C16H19N5O3S2. The van der Waals surface area contributed by atoms with Crippen LogP contribution in [0.15, 0.2) is 30.4 Å². The highest BCUT2D eigenvalue weighted by Gasteiger charge is 2.21. The molecule has 10 heteroatoms. The summed E-state index contributed by atoms with van der Waals surface area (Å²) in [6, 6.07) is 0. The molecule has 1 saturated heterocycles. The Morgan fingerprint density at radius 1 is 1.27 bits per heavy atom. The quantitative estimate of drug-likeness (QED) is 0.563. The molecule has 3 heterocycles. The van der Waals surface area contributed by atoms with Crippen molar-refractivity contribution in [1.82, 2.24) is 19.8 Å². The molecule has 3 rings (SSSR count). The zero-order valence-corrected chi connectivity index (χ0v) is 15.7. The Bertz CT molecular complexity index is 754.